The van der Waals surface area contributed by atoms with Crippen LogP contribution in [-0.4, -0.2) is 25.1 Å². The molecule has 0 aliphatic carbocycles. The molecular formula is C7H9Cl2N3O3. The number of ether oxygens (including phenoxy) is 1. The molecule has 84 valence electrons. The van der Waals surface area contributed by atoms with Gasteiger partial charge in [-0.1, -0.05) is 23.2 Å². The van der Waals surface area contributed by atoms with E-state index in [1.807, 2.05) is 0 Å². The number of nitro groups is 1. The zero-order valence-corrected chi connectivity index (χ0v) is 9.35. The summed E-state index contributed by atoms with van der Waals surface area (Å²) in [6, 6.07) is 0. The number of nitrogens with one attached hydrogen (secondary N) is 2. The summed E-state index contributed by atoms with van der Waals surface area (Å²) in [6.45, 7) is 1.20. The van der Waals surface area contributed by atoms with Gasteiger partial charge in [0.1, 0.15) is 0 Å². The van der Waals surface area contributed by atoms with Crippen molar-refractivity contribution in [2.45, 2.75) is 0 Å². The maximum Gasteiger partial charge on any atom is 0.352 e. The average Bonchev–Trinajstić information content (AvgIpc) is 2.64. The highest BCUT2D eigenvalue weighted by Gasteiger charge is 2.29. The van der Waals surface area contributed by atoms with Gasteiger partial charge in [-0.25, -0.2) is 0 Å². The van der Waals surface area contributed by atoms with Gasteiger partial charge >= 0.3 is 5.70 Å². The molecule has 0 saturated carbocycles. The molecule has 0 aromatic carbocycles. The van der Waals surface area contributed by atoms with E-state index in [1.165, 1.54) is 7.11 Å². The van der Waals surface area contributed by atoms with Crippen LogP contribution in [0.4, 0.5) is 0 Å². The summed E-state index contributed by atoms with van der Waals surface area (Å²) in [6.07, 6.45) is 0. The summed E-state index contributed by atoms with van der Waals surface area (Å²) in [4.78, 5) is 10.2. The van der Waals surface area contributed by atoms with E-state index in [0.29, 0.717) is 13.1 Å². The molecule has 0 atom stereocenters. The first kappa shape index (κ1) is 11.9. The molecule has 0 radical (unpaired) electrons. The Kier molecular flexibility index (Phi) is 4.05. The largest absolute Gasteiger partial charge is 0.488 e. The second kappa shape index (κ2) is 5.09. The summed E-state index contributed by atoms with van der Waals surface area (Å²) in [5.41, 5.74) is -0.296. The molecule has 1 heterocycles. The first-order valence-corrected chi connectivity index (χ1v) is 4.79. The van der Waals surface area contributed by atoms with E-state index in [9.17, 15) is 10.1 Å². The van der Waals surface area contributed by atoms with Crippen molar-refractivity contribution in [3.8, 4) is 0 Å². The van der Waals surface area contributed by atoms with E-state index in [1.54, 1.807) is 0 Å². The van der Waals surface area contributed by atoms with Gasteiger partial charge in [0.05, 0.1) is 12.0 Å². The molecule has 2 N–H and O–H groups in total. The van der Waals surface area contributed by atoms with Crippen LogP contribution < -0.4 is 10.6 Å². The Morgan fingerprint density at radius 2 is 2.00 bits per heavy atom. The van der Waals surface area contributed by atoms with Crippen molar-refractivity contribution in [2.75, 3.05) is 20.2 Å². The number of hydrogen-bond donors (Lipinski definition) is 2. The third-order valence-corrected chi connectivity index (χ3v) is 2.08. The number of nitrogens with zero attached hydrogens (tertiary/aromatic N) is 1. The van der Waals surface area contributed by atoms with Crippen LogP contribution in [0.2, 0.25) is 0 Å². The van der Waals surface area contributed by atoms with Gasteiger partial charge in [0.15, 0.2) is 10.3 Å². The van der Waals surface area contributed by atoms with Gasteiger partial charge in [0.2, 0.25) is 5.76 Å². The van der Waals surface area contributed by atoms with Crippen LogP contribution in [0.5, 0.6) is 0 Å². The van der Waals surface area contributed by atoms with Crippen LogP contribution in [0.1, 0.15) is 0 Å². The normalized spacial score (nSPS) is 13.9. The minimum Gasteiger partial charge on any atom is -0.488 e. The molecule has 0 spiro atoms. The minimum absolute atomic E-state index is 0.166. The van der Waals surface area contributed by atoms with Gasteiger partial charge < -0.3 is 15.4 Å². The van der Waals surface area contributed by atoms with Crippen molar-refractivity contribution in [2.24, 2.45) is 0 Å². The Morgan fingerprint density at radius 1 is 1.47 bits per heavy atom. The lowest BCUT2D eigenvalue weighted by molar-refractivity contribution is -0.425. The zero-order valence-electron chi connectivity index (χ0n) is 7.84. The molecule has 0 amide bonds. The predicted octanol–water partition coefficient (Wildman–Crippen LogP) is 0.918. The number of methoxy groups -OCH3 is 1. The van der Waals surface area contributed by atoms with Crippen molar-refractivity contribution in [3.63, 3.8) is 0 Å². The van der Waals surface area contributed by atoms with Gasteiger partial charge in [-0.3, -0.25) is 10.1 Å². The highest BCUT2D eigenvalue weighted by atomic mass is 35.5. The second-order valence-corrected chi connectivity index (χ2v) is 3.58. The summed E-state index contributed by atoms with van der Waals surface area (Å²) in [5.74, 6) is 0.0934. The van der Waals surface area contributed by atoms with E-state index in [2.05, 4.69) is 10.6 Å². The van der Waals surface area contributed by atoms with E-state index in [0.717, 1.165) is 0 Å². The van der Waals surface area contributed by atoms with Crippen LogP contribution in [0.25, 0.3) is 0 Å². The zero-order chi connectivity index (χ0) is 11.4. The Morgan fingerprint density at radius 3 is 2.33 bits per heavy atom. The van der Waals surface area contributed by atoms with Gasteiger partial charge in [0, 0.05) is 13.1 Å². The first-order valence-electron chi connectivity index (χ1n) is 4.04. The standard InChI is InChI=1S/C7H9Cl2N3O3/c1-15-5(6(8)9)4(12(13)14)7-10-2-3-11-7/h10-11H,2-3H2,1H3. The molecule has 0 bridgehead atoms. The summed E-state index contributed by atoms with van der Waals surface area (Å²) in [7, 11) is 1.26. The Hall–Kier alpha value is -1.14. The molecule has 1 aliphatic heterocycles. The van der Waals surface area contributed by atoms with Gasteiger partial charge in [0.25, 0.3) is 0 Å². The number of rotatable bonds is 3. The Bertz CT molecular complexity index is 328. The predicted molar refractivity (Wildman–Crippen MR) is 55.8 cm³/mol. The summed E-state index contributed by atoms with van der Waals surface area (Å²) >= 11 is 11.0. The average molecular weight is 254 g/mol. The van der Waals surface area contributed by atoms with Crippen LogP contribution in [0, 0.1) is 10.1 Å². The summed E-state index contributed by atoms with van der Waals surface area (Å²) < 4.78 is 4.50. The topological polar surface area (TPSA) is 76.4 Å². The van der Waals surface area contributed by atoms with E-state index in [4.69, 9.17) is 27.9 Å². The highest BCUT2D eigenvalue weighted by Crippen LogP contribution is 2.24. The van der Waals surface area contributed by atoms with Crippen molar-refractivity contribution in [1.29, 1.82) is 0 Å². The molecule has 6 nitrogen and oxygen atoms in total. The molecular weight excluding hydrogens is 245 g/mol. The monoisotopic (exact) mass is 253 g/mol. The lowest BCUT2D eigenvalue weighted by Gasteiger charge is -2.06. The smallest absolute Gasteiger partial charge is 0.352 e. The van der Waals surface area contributed by atoms with Gasteiger partial charge in [-0.2, -0.15) is 0 Å². The van der Waals surface area contributed by atoms with Gasteiger partial charge in [-0.15, -0.1) is 0 Å². The molecule has 0 aromatic heterocycles. The fourth-order valence-corrected chi connectivity index (χ4v) is 1.49. The minimum atomic E-state index is -0.607. The third-order valence-electron chi connectivity index (χ3n) is 1.74. The maximum absolute atomic E-state index is 10.8. The fourth-order valence-electron chi connectivity index (χ4n) is 1.16. The molecule has 0 aromatic rings. The molecule has 8 heteroatoms. The van der Waals surface area contributed by atoms with Crippen LogP contribution in [0.3, 0.4) is 0 Å². The molecule has 1 aliphatic rings. The van der Waals surface area contributed by atoms with Crippen LogP contribution >= 0.6 is 23.2 Å². The maximum atomic E-state index is 10.8. The van der Waals surface area contributed by atoms with Gasteiger partial charge in [-0.05, 0) is 0 Å². The van der Waals surface area contributed by atoms with Crippen LogP contribution in [-0.2, 0) is 4.74 Å². The molecule has 15 heavy (non-hydrogen) atoms. The van der Waals surface area contributed by atoms with Crippen molar-refractivity contribution in [1.82, 2.24) is 10.6 Å². The highest BCUT2D eigenvalue weighted by molar-refractivity contribution is 6.56. The number of halogens is 2. The van der Waals surface area contributed by atoms with E-state index >= 15 is 0 Å². The Labute approximate surface area is 96.0 Å². The lowest BCUT2D eigenvalue weighted by atomic mass is 10.4. The first-order chi connectivity index (χ1) is 7.07. The molecule has 1 fully saturated rings. The SMILES string of the molecule is COC(=C(Cl)Cl)C(=C1NCCN1)[N+](=O)[O-]. The molecule has 1 saturated heterocycles. The Balaban J connectivity index is 3.18. The van der Waals surface area contributed by atoms with Crippen LogP contribution in [0.15, 0.2) is 21.8 Å². The molecule has 1 rings (SSSR count). The number of hydrogen-bond acceptors (Lipinski definition) is 5. The van der Waals surface area contributed by atoms with E-state index in [-0.39, 0.29) is 21.8 Å². The van der Waals surface area contributed by atoms with Crippen molar-refractivity contribution in [3.05, 3.63) is 31.9 Å². The second-order valence-electron chi connectivity index (χ2n) is 2.63. The quantitative estimate of drug-likeness (QED) is 0.445. The van der Waals surface area contributed by atoms with E-state index < -0.39 is 4.92 Å². The lowest BCUT2D eigenvalue weighted by Crippen LogP contribution is -2.20. The van der Waals surface area contributed by atoms with Crippen molar-refractivity contribution < 1.29 is 9.66 Å². The fraction of sp³-hybridized carbons (Fsp3) is 0.429. The molecule has 0 unspecified atom stereocenters. The summed E-state index contributed by atoms with van der Waals surface area (Å²) in [5, 5.41) is 16.4. The van der Waals surface area contributed by atoms with Crippen molar-refractivity contribution >= 4 is 23.2 Å². The third kappa shape index (κ3) is 2.66.